The van der Waals surface area contributed by atoms with Crippen molar-refractivity contribution >= 4 is 5.91 Å². The number of carbonyl (C=O) groups excluding carboxylic acids is 1. The van der Waals surface area contributed by atoms with Crippen LogP contribution in [0.5, 0.6) is 0 Å². The molecule has 0 spiro atoms. The number of benzene rings is 2. The molecule has 4 heteroatoms. The van der Waals surface area contributed by atoms with E-state index in [0.29, 0.717) is 19.6 Å². The van der Waals surface area contributed by atoms with E-state index in [2.05, 4.69) is 53.4 Å². The van der Waals surface area contributed by atoms with Crippen molar-refractivity contribution < 1.29 is 9.53 Å². The fourth-order valence-electron chi connectivity index (χ4n) is 3.54. The quantitative estimate of drug-likeness (QED) is 0.852. The van der Waals surface area contributed by atoms with Gasteiger partial charge in [0.15, 0.2) is 0 Å². The molecular weight excluding hydrogens is 300 g/mol. The Morgan fingerprint density at radius 2 is 1.42 bits per heavy atom. The molecule has 2 aromatic carbocycles. The maximum Gasteiger partial charge on any atom is 0.237 e. The van der Waals surface area contributed by atoms with Crippen LogP contribution in [0, 0.1) is 0 Å². The number of hydrogen-bond acceptors (Lipinski definition) is 3. The van der Waals surface area contributed by atoms with Gasteiger partial charge in [0.1, 0.15) is 0 Å². The van der Waals surface area contributed by atoms with Gasteiger partial charge in [0.25, 0.3) is 0 Å². The summed E-state index contributed by atoms with van der Waals surface area (Å²) in [7, 11) is 0. The van der Waals surface area contributed by atoms with E-state index >= 15 is 0 Å². The molecule has 124 valence electrons. The number of rotatable bonds is 2. The van der Waals surface area contributed by atoms with E-state index in [-0.39, 0.29) is 5.91 Å². The lowest BCUT2D eigenvalue weighted by Crippen LogP contribution is -2.44. The summed E-state index contributed by atoms with van der Waals surface area (Å²) >= 11 is 0. The Labute approximate surface area is 142 Å². The van der Waals surface area contributed by atoms with Crippen LogP contribution in [0.2, 0.25) is 0 Å². The number of nitrogens with zero attached hydrogens (tertiary/aromatic N) is 2. The number of hydrogen-bond donors (Lipinski definition) is 0. The minimum absolute atomic E-state index is 0.198. The van der Waals surface area contributed by atoms with Gasteiger partial charge >= 0.3 is 0 Å². The highest BCUT2D eigenvalue weighted by Gasteiger charge is 2.24. The van der Waals surface area contributed by atoms with E-state index in [1.54, 1.807) is 0 Å². The number of fused-ring (bicyclic) bond motifs is 3. The fraction of sp³-hybridized carbons (Fsp3) is 0.350. The van der Waals surface area contributed by atoms with E-state index < -0.39 is 0 Å². The first-order chi connectivity index (χ1) is 11.8. The average molecular weight is 322 g/mol. The number of amides is 1. The molecule has 0 aliphatic carbocycles. The summed E-state index contributed by atoms with van der Waals surface area (Å²) in [5.74, 6) is 0.198. The Morgan fingerprint density at radius 3 is 2.00 bits per heavy atom. The van der Waals surface area contributed by atoms with E-state index in [9.17, 15) is 4.79 Å². The smallest absolute Gasteiger partial charge is 0.237 e. The summed E-state index contributed by atoms with van der Waals surface area (Å²) in [5, 5.41) is 0. The van der Waals surface area contributed by atoms with Crippen molar-refractivity contribution in [2.75, 3.05) is 32.8 Å². The van der Waals surface area contributed by atoms with Gasteiger partial charge in [-0.3, -0.25) is 9.69 Å². The topological polar surface area (TPSA) is 32.8 Å². The lowest BCUT2D eigenvalue weighted by Gasteiger charge is -2.29. The molecule has 0 bridgehead atoms. The summed E-state index contributed by atoms with van der Waals surface area (Å²) in [6, 6.07) is 16.8. The number of ether oxygens (including phenoxy) is 1. The van der Waals surface area contributed by atoms with Crippen LogP contribution in [0.15, 0.2) is 48.5 Å². The molecule has 2 aliphatic heterocycles. The van der Waals surface area contributed by atoms with E-state index in [1.165, 1.54) is 22.3 Å². The molecule has 0 unspecified atom stereocenters. The zero-order chi connectivity index (χ0) is 16.4. The van der Waals surface area contributed by atoms with E-state index in [0.717, 1.165) is 26.3 Å². The highest BCUT2D eigenvalue weighted by Crippen LogP contribution is 2.32. The minimum atomic E-state index is 0.198. The summed E-state index contributed by atoms with van der Waals surface area (Å²) in [4.78, 5) is 17.1. The minimum Gasteiger partial charge on any atom is -0.379 e. The van der Waals surface area contributed by atoms with Gasteiger partial charge in [-0.2, -0.15) is 0 Å². The highest BCUT2D eigenvalue weighted by atomic mass is 16.5. The summed E-state index contributed by atoms with van der Waals surface area (Å²) in [6.07, 6.45) is 0. The Kier molecular flexibility index (Phi) is 4.32. The monoisotopic (exact) mass is 322 g/mol. The Balaban J connectivity index is 1.61. The maximum absolute atomic E-state index is 12.9. The summed E-state index contributed by atoms with van der Waals surface area (Å²) in [6.45, 7) is 4.95. The van der Waals surface area contributed by atoms with Crippen LogP contribution in [-0.4, -0.2) is 48.6 Å². The highest BCUT2D eigenvalue weighted by molar-refractivity contribution is 5.80. The zero-order valence-electron chi connectivity index (χ0n) is 13.8. The third-order valence-corrected chi connectivity index (χ3v) is 4.86. The summed E-state index contributed by atoms with van der Waals surface area (Å²) in [5.41, 5.74) is 4.93. The molecule has 0 saturated carbocycles. The van der Waals surface area contributed by atoms with Crippen LogP contribution >= 0.6 is 0 Å². The van der Waals surface area contributed by atoms with Gasteiger partial charge < -0.3 is 9.64 Å². The van der Waals surface area contributed by atoms with Gasteiger partial charge in [-0.15, -0.1) is 0 Å². The second-order valence-corrected chi connectivity index (χ2v) is 6.45. The van der Waals surface area contributed by atoms with Crippen molar-refractivity contribution in [3.63, 3.8) is 0 Å². The Hall–Kier alpha value is -2.17. The molecule has 2 aromatic rings. The van der Waals surface area contributed by atoms with Gasteiger partial charge in [-0.05, 0) is 22.3 Å². The van der Waals surface area contributed by atoms with Gasteiger partial charge in [0, 0.05) is 26.2 Å². The molecule has 4 nitrogen and oxygen atoms in total. The van der Waals surface area contributed by atoms with Crippen molar-refractivity contribution in [2.45, 2.75) is 13.1 Å². The number of carbonyl (C=O) groups is 1. The lowest BCUT2D eigenvalue weighted by molar-refractivity contribution is -0.134. The molecule has 2 heterocycles. The van der Waals surface area contributed by atoms with Crippen molar-refractivity contribution in [2.24, 2.45) is 0 Å². The molecule has 1 fully saturated rings. The van der Waals surface area contributed by atoms with Crippen LogP contribution in [-0.2, 0) is 22.6 Å². The van der Waals surface area contributed by atoms with E-state index in [1.807, 2.05) is 4.90 Å². The second kappa shape index (κ2) is 6.75. The van der Waals surface area contributed by atoms with Crippen LogP contribution in [0.4, 0.5) is 0 Å². The normalized spacial score (nSPS) is 17.8. The summed E-state index contributed by atoms with van der Waals surface area (Å²) < 4.78 is 5.37. The van der Waals surface area contributed by atoms with Crippen molar-refractivity contribution in [3.05, 3.63) is 59.7 Å². The molecule has 0 atom stereocenters. The standard InChI is InChI=1S/C20H22N2O2/c23-20(15-21-9-11-24-12-10-21)22-13-16-5-1-3-7-18(16)19-8-4-2-6-17(19)14-22/h1-8H,9-15H2. The third-order valence-electron chi connectivity index (χ3n) is 4.86. The second-order valence-electron chi connectivity index (χ2n) is 6.45. The Morgan fingerprint density at radius 1 is 0.875 bits per heavy atom. The Bertz CT molecular complexity index is 690. The molecule has 0 N–H and O–H groups in total. The molecule has 0 aromatic heterocycles. The van der Waals surface area contributed by atoms with Gasteiger partial charge in [0.2, 0.25) is 5.91 Å². The van der Waals surface area contributed by atoms with Crippen LogP contribution in [0.25, 0.3) is 11.1 Å². The maximum atomic E-state index is 12.9. The predicted molar refractivity (Wildman–Crippen MR) is 93.4 cm³/mol. The first kappa shape index (κ1) is 15.4. The molecule has 0 radical (unpaired) electrons. The van der Waals surface area contributed by atoms with Crippen LogP contribution < -0.4 is 0 Å². The van der Waals surface area contributed by atoms with Crippen molar-refractivity contribution in [1.29, 1.82) is 0 Å². The van der Waals surface area contributed by atoms with Crippen LogP contribution in [0.3, 0.4) is 0 Å². The first-order valence-corrected chi connectivity index (χ1v) is 8.55. The number of morpholine rings is 1. The SMILES string of the molecule is O=C(CN1CCOCC1)N1Cc2ccccc2-c2ccccc2C1. The van der Waals surface area contributed by atoms with E-state index in [4.69, 9.17) is 4.74 Å². The molecule has 4 rings (SSSR count). The van der Waals surface area contributed by atoms with Gasteiger partial charge in [0.05, 0.1) is 19.8 Å². The molecule has 1 saturated heterocycles. The van der Waals surface area contributed by atoms with Crippen molar-refractivity contribution in [3.8, 4) is 11.1 Å². The molecule has 2 aliphatic rings. The van der Waals surface area contributed by atoms with Crippen molar-refractivity contribution in [1.82, 2.24) is 9.80 Å². The van der Waals surface area contributed by atoms with Gasteiger partial charge in [-0.1, -0.05) is 48.5 Å². The molecule has 1 amide bonds. The third kappa shape index (κ3) is 3.07. The fourth-order valence-corrected chi connectivity index (χ4v) is 3.54. The lowest BCUT2D eigenvalue weighted by atomic mass is 9.97. The zero-order valence-corrected chi connectivity index (χ0v) is 13.8. The first-order valence-electron chi connectivity index (χ1n) is 8.55. The molecular formula is C20H22N2O2. The average Bonchev–Trinajstić information content (AvgIpc) is 2.79. The van der Waals surface area contributed by atoms with Gasteiger partial charge in [-0.25, -0.2) is 0 Å². The predicted octanol–water partition coefficient (Wildman–Crippen LogP) is 2.53. The molecule has 24 heavy (non-hydrogen) atoms. The largest absolute Gasteiger partial charge is 0.379 e. The van der Waals surface area contributed by atoms with Crippen LogP contribution in [0.1, 0.15) is 11.1 Å².